The molecule has 3 nitrogen and oxygen atoms in total. The summed E-state index contributed by atoms with van der Waals surface area (Å²) in [6.07, 6.45) is 0. The standard InChI is InChI=1S/C10H5Cl4N3/c11-4-1-5(9(14)6(12)2-4)7-3-8(13)17-10(15)16-7/h1-3H,(H2,15,16,17). The number of aromatic nitrogens is 2. The van der Waals surface area contributed by atoms with Crippen molar-refractivity contribution in [1.82, 2.24) is 9.97 Å². The fourth-order valence-electron chi connectivity index (χ4n) is 1.32. The molecule has 1 aromatic carbocycles. The van der Waals surface area contributed by atoms with E-state index < -0.39 is 0 Å². The van der Waals surface area contributed by atoms with E-state index >= 15 is 0 Å². The van der Waals surface area contributed by atoms with Gasteiger partial charge in [0.2, 0.25) is 5.95 Å². The van der Waals surface area contributed by atoms with Gasteiger partial charge in [0.1, 0.15) is 5.15 Å². The molecule has 0 saturated carbocycles. The molecule has 0 saturated heterocycles. The van der Waals surface area contributed by atoms with Crippen molar-refractivity contribution in [2.24, 2.45) is 0 Å². The Labute approximate surface area is 117 Å². The second kappa shape index (κ2) is 4.86. The molecule has 0 spiro atoms. The zero-order valence-corrected chi connectivity index (χ0v) is 11.2. The lowest BCUT2D eigenvalue weighted by atomic mass is 10.1. The first-order valence-corrected chi connectivity index (χ1v) is 5.93. The van der Waals surface area contributed by atoms with Crippen LogP contribution < -0.4 is 5.73 Å². The van der Waals surface area contributed by atoms with Crippen LogP contribution in [0.1, 0.15) is 0 Å². The molecule has 0 aliphatic rings. The predicted octanol–water partition coefficient (Wildman–Crippen LogP) is 4.34. The molecule has 0 amide bonds. The lowest BCUT2D eigenvalue weighted by Gasteiger charge is -2.07. The second-order valence-corrected chi connectivity index (χ2v) is 4.79. The van der Waals surface area contributed by atoms with Gasteiger partial charge in [0.05, 0.1) is 15.7 Å². The zero-order chi connectivity index (χ0) is 12.6. The van der Waals surface area contributed by atoms with Crippen LogP contribution in [-0.2, 0) is 0 Å². The molecule has 2 N–H and O–H groups in total. The van der Waals surface area contributed by atoms with Gasteiger partial charge in [-0.2, -0.15) is 0 Å². The average Bonchev–Trinajstić information content (AvgIpc) is 2.22. The minimum Gasteiger partial charge on any atom is -0.368 e. The van der Waals surface area contributed by atoms with Crippen LogP contribution in [0.3, 0.4) is 0 Å². The number of nitrogens with two attached hydrogens (primary N) is 1. The highest BCUT2D eigenvalue weighted by atomic mass is 35.5. The van der Waals surface area contributed by atoms with Crippen molar-refractivity contribution < 1.29 is 0 Å². The van der Waals surface area contributed by atoms with Crippen molar-refractivity contribution in [1.29, 1.82) is 0 Å². The largest absolute Gasteiger partial charge is 0.368 e. The highest BCUT2D eigenvalue weighted by Crippen LogP contribution is 2.36. The Balaban J connectivity index is 2.67. The summed E-state index contributed by atoms with van der Waals surface area (Å²) >= 11 is 23.7. The van der Waals surface area contributed by atoms with Gasteiger partial charge < -0.3 is 5.73 Å². The van der Waals surface area contributed by atoms with E-state index in [1.54, 1.807) is 12.1 Å². The Hall–Kier alpha value is -0.740. The predicted molar refractivity (Wildman–Crippen MR) is 71.9 cm³/mol. The van der Waals surface area contributed by atoms with Crippen LogP contribution in [0.25, 0.3) is 11.3 Å². The number of halogens is 4. The Kier molecular flexibility index (Phi) is 3.64. The van der Waals surface area contributed by atoms with E-state index in [1.807, 2.05) is 0 Å². The van der Waals surface area contributed by atoms with Crippen LogP contribution >= 0.6 is 46.4 Å². The molecule has 0 aliphatic carbocycles. The summed E-state index contributed by atoms with van der Waals surface area (Å²) in [7, 11) is 0. The molecule has 0 radical (unpaired) electrons. The molecule has 7 heteroatoms. The zero-order valence-electron chi connectivity index (χ0n) is 8.22. The van der Waals surface area contributed by atoms with Crippen molar-refractivity contribution >= 4 is 52.4 Å². The third kappa shape index (κ3) is 2.75. The molecular formula is C10H5Cl4N3. The summed E-state index contributed by atoms with van der Waals surface area (Å²) in [5.74, 6) is 0.0552. The summed E-state index contributed by atoms with van der Waals surface area (Å²) in [6, 6.07) is 4.71. The number of nitrogens with zero attached hydrogens (tertiary/aromatic N) is 2. The Morgan fingerprint density at radius 3 is 2.29 bits per heavy atom. The number of anilines is 1. The van der Waals surface area contributed by atoms with Gasteiger partial charge in [-0.15, -0.1) is 0 Å². The van der Waals surface area contributed by atoms with Crippen molar-refractivity contribution in [3.63, 3.8) is 0 Å². The molecule has 0 atom stereocenters. The molecule has 88 valence electrons. The quantitative estimate of drug-likeness (QED) is 0.630. The van der Waals surface area contributed by atoms with Crippen LogP contribution in [0.2, 0.25) is 20.2 Å². The van der Waals surface area contributed by atoms with Crippen molar-refractivity contribution in [2.75, 3.05) is 5.73 Å². The minimum absolute atomic E-state index is 0.0552. The van der Waals surface area contributed by atoms with Crippen molar-refractivity contribution in [2.45, 2.75) is 0 Å². The Morgan fingerprint density at radius 1 is 0.941 bits per heavy atom. The lowest BCUT2D eigenvalue weighted by Crippen LogP contribution is -1.97. The molecule has 2 rings (SSSR count). The normalized spacial score (nSPS) is 10.6. The van der Waals surface area contributed by atoms with Gasteiger partial charge in [-0.05, 0) is 12.1 Å². The van der Waals surface area contributed by atoms with E-state index in [0.29, 0.717) is 26.3 Å². The number of benzene rings is 1. The monoisotopic (exact) mass is 307 g/mol. The van der Waals surface area contributed by atoms with Crippen LogP contribution in [0.5, 0.6) is 0 Å². The van der Waals surface area contributed by atoms with Gasteiger partial charge in [0.25, 0.3) is 0 Å². The van der Waals surface area contributed by atoms with Crippen LogP contribution in [0.4, 0.5) is 5.95 Å². The number of hydrogen-bond acceptors (Lipinski definition) is 3. The van der Waals surface area contributed by atoms with Gasteiger partial charge in [-0.1, -0.05) is 46.4 Å². The Bertz CT molecular complexity index is 566. The summed E-state index contributed by atoms with van der Waals surface area (Å²) < 4.78 is 0. The van der Waals surface area contributed by atoms with Gasteiger partial charge >= 0.3 is 0 Å². The molecular weight excluding hydrogens is 304 g/mol. The highest BCUT2D eigenvalue weighted by Gasteiger charge is 2.12. The molecule has 0 aliphatic heterocycles. The smallest absolute Gasteiger partial charge is 0.221 e. The third-order valence-electron chi connectivity index (χ3n) is 1.98. The van der Waals surface area contributed by atoms with Gasteiger partial charge in [0.15, 0.2) is 0 Å². The second-order valence-electron chi connectivity index (χ2n) is 3.18. The topological polar surface area (TPSA) is 51.8 Å². The molecule has 17 heavy (non-hydrogen) atoms. The summed E-state index contributed by atoms with van der Waals surface area (Å²) in [5.41, 5.74) is 6.53. The van der Waals surface area contributed by atoms with Crippen LogP contribution in [0, 0.1) is 0 Å². The molecule has 0 bridgehead atoms. The first-order chi connectivity index (χ1) is 7.97. The highest BCUT2D eigenvalue weighted by molar-refractivity contribution is 6.45. The van der Waals surface area contributed by atoms with Crippen LogP contribution in [0.15, 0.2) is 18.2 Å². The Morgan fingerprint density at radius 2 is 1.65 bits per heavy atom. The van der Waals surface area contributed by atoms with E-state index in [4.69, 9.17) is 52.1 Å². The van der Waals surface area contributed by atoms with E-state index in [2.05, 4.69) is 9.97 Å². The minimum atomic E-state index is 0.0552. The SMILES string of the molecule is Nc1nc(Cl)cc(-c2cc(Cl)cc(Cl)c2Cl)n1. The first kappa shape index (κ1) is 12.7. The van der Waals surface area contributed by atoms with Gasteiger partial charge in [-0.25, -0.2) is 9.97 Å². The molecule has 1 heterocycles. The molecule has 1 aromatic heterocycles. The maximum absolute atomic E-state index is 6.07. The summed E-state index contributed by atoms with van der Waals surface area (Å²) in [5, 5.41) is 1.34. The van der Waals surface area contributed by atoms with Crippen molar-refractivity contribution in [3.8, 4) is 11.3 Å². The fraction of sp³-hybridized carbons (Fsp3) is 0. The third-order valence-corrected chi connectivity index (χ3v) is 3.19. The molecule has 2 aromatic rings. The molecule has 0 unspecified atom stereocenters. The first-order valence-electron chi connectivity index (χ1n) is 4.42. The van der Waals surface area contributed by atoms with E-state index in [9.17, 15) is 0 Å². The van der Waals surface area contributed by atoms with E-state index in [1.165, 1.54) is 6.07 Å². The maximum atomic E-state index is 6.07. The van der Waals surface area contributed by atoms with Gasteiger partial charge in [0, 0.05) is 16.7 Å². The van der Waals surface area contributed by atoms with Crippen molar-refractivity contribution in [3.05, 3.63) is 38.4 Å². The maximum Gasteiger partial charge on any atom is 0.221 e. The summed E-state index contributed by atoms with van der Waals surface area (Å²) in [6.45, 7) is 0. The summed E-state index contributed by atoms with van der Waals surface area (Å²) in [4.78, 5) is 7.79. The fourth-order valence-corrected chi connectivity index (χ4v) is 2.20. The van der Waals surface area contributed by atoms with Crippen LogP contribution in [-0.4, -0.2) is 9.97 Å². The molecule has 0 fully saturated rings. The average molecular weight is 309 g/mol. The number of rotatable bonds is 1. The number of nitrogen functional groups attached to an aromatic ring is 1. The van der Waals surface area contributed by atoms with E-state index in [0.717, 1.165) is 0 Å². The van der Waals surface area contributed by atoms with E-state index in [-0.39, 0.29) is 11.1 Å². The number of hydrogen-bond donors (Lipinski definition) is 1. The lowest BCUT2D eigenvalue weighted by molar-refractivity contribution is 1.19. The van der Waals surface area contributed by atoms with Gasteiger partial charge in [-0.3, -0.25) is 0 Å².